The quantitative estimate of drug-likeness (QED) is 0.657. The summed E-state index contributed by atoms with van der Waals surface area (Å²) in [6.07, 6.45) is 0. The van der Waals surface area contributed by atoms with Crippen molar-refractivity contribution in [2.45, 2.75) is 20.8 Å². The number of nitrogens with one attached hydrogen (secondary N) is 1. The fourth-order valence-corrected chi connectivity index (χ4v) is 1.29. The van der Waals surface area contributed by atoms with Gasteiger partial charge in [0.25, 0.3) is 11.4 Å². The second kappa shape index (κ2) is 4.99. The Balaban J connectivity index is 3.05. The molecule has 0 spiro atoms. The van der Waals surface area contributed by atoms with Crippen LogP contribution in [0, 0.1) is 25.6 Å². The third-order valence-corrected chi connectivity index (χ3v) is 2.20. The highest BCUT2D eigenvalue weighted by Gasteiger charge is 2.20. The van der Waals surface area contributed by atoms with Gasteiger partial charge in [-0.05, 0) is 11.5 Å². The van der Waals surface area contributed by atoms with E-state index in [1.807, 2.05) is 20.8 Å². The van der Waals surface area contributed by atoms with Crippen molar-refractivity contribution in [3.63, 3.8) is 0 Å². The van der Waals surface area contributed by atoms with E-state index in [2.05, 4.69) is 5.32 Å². The molecule has 0 saturated heterocycles. The topological polar surface area (TPSA) is 98.3 Å². The molecule has 0 aromatic heterocycles. The molecule has 7 nitrogen and oxygen atoms in total. The summed E-state index contributed by atoms with van der Waals surface area (Å²) in [5.41, 5.74) is -0.327. The van der Waals surface area contributed by atoms with E-state index in [0.717, 1.165) is 6.07 Å². The molecule has 0 aliphatic rings. The molecule has 0 heterocycles. The molecule has 0 radical (unpaired) electrons. The Bertz CT molecular complexity index is 480. The predicted octanol–water partition coefficient (Wildman–Crippen LogP) is 2.96. The smallest absolute Gasteiger partial charge is 0.299 e. The molecular formula is C11H15N3O4. The van der Waals surface area contributed by atoms with Gasteiger partial charge < -0.3 is 5.32 Å². The maximum atomic E-state index is 10.9. The fourth-order valence-electron chi connectivity index (χ4n) is 1.29. The van der Waals surface area contributed by atoms with Crippen LogP contribution in [-0.4, -0.2) is 16.4 Å². The van der Waals surface area contributed by atoms with E-state index in [1.54, 1.807) is 0 Å². The molecular weight excluding hydrogens is 238 g/mol. The van der Waals surface area contributed by atoms with Gasteiger partial charge in [-0.25, -0.2) is 0 Å². The molecule has 0 aliphatic heterocycles. The molecule has 1 aromatic carbocycles. The van der Waals surface area contributed by atoms with Crippen LogP contribution in [-0.2, 0) is 0 Å². The number of rotatable bonds is 4. The van der Waals surface area contributed by atoms with Crippen LogP contribution in [0.3, 0.4) is 0 Å². The van der Waals surface area contributed by atoms with Crippen molar-refractivity contribution < 1.29 is 9.85 Å². The van der Waals surface area contributed by atoms with E-state index in [1.165, 1.54) is 12.1 Å². The number of nitrogens with zero attached hydrogens (tertiary/aromatic N) is 2. The molecule has 0 aliphatic carbocycles. The van der Waals surface area contributed by atoms with Crippen molar-refractivity contribution in [1.29, 1.82) is 0 Å². The Labute approximate surface area is 104 Å². The van der Waals surface area contributed by atoms with Crippen molar-refractivity contribution in [2.75, 3.05) is 11.9 Å². The summed E-state index contributed by atoms with van der Waals surface area (Å²) in [7, 11) is 0. The number of hydrogen-bond donors (Lipinski definition) is 1. The summed E-state index contributed by atoms with van der Waals surface area (Å²) in [6.45, 7) is 6.48. The van der Waals surface area contributed by atoms with Gasteiger partial charge in [-0.3, -0.25) is 20.2 Å². The molecule has 98 valence electrons. The first kappa shape index (κ1) is 13.9. The van der Waals surface area contributed by atoms with E-state index in [-0.39, 0.29) is 16.8 Å². The Kier molecular flexibility index (Phi) is 3.85. The van der Waals surface area contributed by atoms with Gasteiger partial charge >= 0.3 is 0 Å². The molecule has 0 atom stereocenters. The van der Waals surface area contributed by atoms with Crippen LogP contribution in [0.25, 0.3) is 0 Å². The highest BCUT2D eigenvalue weighted by Crippen LogP contribution is 2.29. The lowest BCUT2D eigenvalue weighted by Crippen LogP contribution is -2.19. The average Bonchev–Trinajstić information content (AvgIpc) is 2.24. The number of hydrogen-bond acceptors (Lipinski definition) is 5. The van der Waals surface area contributed by atoms with E-state index in [0.29, 0.717) is 12.2 Å². The largest absolute Gasteiger partial charge is 0.379 e. The van der Waals surface area contributed by atoms with Gasteiger partial charge in [0.1, 0.15) is 5.69 Å². The van der Waals surface area contributed by atoms with Gasteiger partial charge in [0, 0.05) is 12.6 Å². The minimum Gasteiger partial charge on any atom is -0.379 e. The van der Waals surface area contributed by atoms with Crippen LogP contribution in [0.1, 0.15) is 20.8 Å². The number of nitro groups is 2. The third-order valence-electron chi connectivity index (χ3n) is 2.20. The fraction of sp³-hybridized carbons (Fsp3) is 0.455. The molecule has 1 rings (SSSR count). The van der Waals surface area contributed by atoms with Crippen LogP contribution >= 0.6 is 0 Å². The van der Waals surface area contributed by atoms with Crippen LogP contribution in [0.4, 0.5) is 17.1 Å². The zero-order valence-corrected chi connectivity index (χ0v) is 10.5. The number of non-ortho nitro benzene ring substituents is 1. The molecule has 0 fully saturated rings. The molecule has 1 aromatic rings. The Morgan fingerprint density at radius 1 is 1.17 bits per heavy atom. The standard InChI is InChI=1S/C11H15N3O4/c1-11(2,3)7-12-9-5-4-8(13(15)16)6-10(9)14(17)18/h4-6,12H,7H2,1-3H3. The van der Waals surface area contributed by atoms with Gasteiger partial charge in [-0.1, -0.05) is 20.8 Å². The van der Waals surface area contributed by atoms with Gasteiger partial charge in [-0.15, -0.1) is 0 Å². The number of anilines is 1. The Hall–Kier alpha value is -2.18. The van der Waals surface area contributed by atoms with Crippen molar-refractivity contribution in [3.05, 3.63) is 38.4 Å². The maximum Gasteiger partial charge on any atom is 0.299 e. The summed E-state index contributed by atoms with van der Waals surface area (Å²) >= 11 is 0. The average molecular weight is 253 g/mol. The monoisotopic (exact) mass is 253 g/mol. The highest BCUT2D eigenvalue weighted by molar-refractivity contribution is 5.65. The third kappa shape index (κ3) is 3.69. The van der Waals surface area contributed by atoms with Gasteiger partial charge in [0.15, 0.2) is 0 Å². The van der Waals surface area contributed by atoms with Crippen molar-refractivity contribution >= 4 is 17.1 Å². The van der Waals surface area contributed by atoms with Crippen LogP contribution in [0.15, 0.2) is 18.2 Å². The van der Waals surface area contributed by atoms with Crippen LogP contribution in [0.2, 0.25) is 0 Å². The molecule has 0 saturated carbocycles. The minimum atomic E-state index is -0.652. The zero-order valence-electron chi connectivity index (χ0n) is 10.5. The Morgan fingerprint density at radius 2 is 1.78 bits per heavy atom. The molecule has 7 heteroatoms. The lowest BCUT2D eigenvalue weighted by molar-refractivity contribution is -0.393. The lowest BCUT2D eigenvalue weighted by Gasteiger charge is -2.19. The highest BCUT2D eigenvalue weighted by atomic mass is 16.6. The molecule has 0 bridgehead atoms. The summed E-state index contributed by atoms with van der Waals surface area (Å²) < 4.78 is 0. The number of nitro benzene ring substituents is 2. The second-order valence-corrected chi connectivity index (χ2v) is 5.13. The van der Waals surface area contributed by atoms with Crippen molar-refractivity contribution in [2.24, 2.45) is 5.41 Å². The SMILES string of the molecule is CC(C)(C)CNc1ccc([N+](=O)[O-])cc1[N+](=O)[O-]. The summed E-state index contributed by atoms with van der Waals surface area (Å²) in [5, 5.41) is 24.4. The van der Waals surface area contributed by atoms with Crippen LogP contribution in [0.5, 0.6) is 0 Å². The predicted molar refractivity (Wildman–Crippen MR) is 67.7 cm³/mol. The minimum absolute atomic E-state index is 0.0460. The first-order valence-electron chi connectivity index (χ1n) is 5.37. The maximum absolute atomic E-state index is 10.9. The van der Waals surface area contributed by atoms with Gasteiger partial charge in [-0.2, -0.15) is 0 Å². The van der Waals surface area contributed by atoms with E-state index in [9.17, 15) is 20.2 Å². The van der Waals surface area contributed by atoms with E-state index >= 15 is 0 Å². The van der Waals surface area contributed by atoms with Gasteiger partial charge in [0.2, 0.25) is 0 Å². The molecule has 0 amide bonds. The van der Waals surface area contributed by atoms with Crippen molar-refractivity contribution in [3.8, 4) is 0 Å². The Morgan fingerprint density at radius 3 is 2.22 bits per heavy atom. The molecule has 0 unspecified atom stereocenters. The molecule has 1 N–H and O–H groups in total. The first-order valence-corrected chi connectivity index (χ1v) is 5.37. The lowest BCUT2D eigenvalue weighted by atomic mass is 9.97. The number of benzene rings is 1. The summed E-state index contributed by atoms with van der Waals surface area (Å²) in [4.78, 5) is 20.2. The van der Waals surface area contributed by atoms with E-state index in [4.69, 9.17) is 0 Å². The summed E-state index contributed by atoms with van der Waals surface area (Å²) in [6, 6.07) is 3.57. The summed E-state index contributed by atoms with van der Waals surface area (Å²) in [5.74, 6) is 0. The van der Waals surface area contributed by atoms with Crippen molar-refractivity contribution in [1.82, 2.24) is 0 Å². The zero-order chi connectivity index (χ0) is 13.9. The normalized spacial score (nSPS) is 11.1. The van der Waals surface area contributed by atoms with E-state index < -0.39 is 9.85 Å². The van der Waals surface area contributed by atoms with Gasteiger partial charge in [0.05, 0.1) is 15.9 Å². The van der Waals surface area contributed by atoms with Crippen LogP contribution < -0.4 is 5.32 Å². The molecule has 18 heavy (non-hydrogen) atoms. The first-order chi connectivity index (χ1) is 8.20. The second-order valence-electron chi connectivity index (χ2n) is 5.13.